The van der Waals surface area contributed by atoms with Gasteiger partial charge in [0.2, 0.25) is 5.91 Å². The summed E-state index contributed by atoms with van der Waals surface area (Å²) in [5, 5.41) is 17.5. The van der Waals surface area contributed by atoms with Gasteiger partial charge in [-0.2, -0.15) is 0 Å². The predicted octanol–water partition coefficient (Wildman–Crippen LogP) is 5.35. The molecule has 1 aliphatic rings. The van der Waals surface area contributed by atoms with Crippen LogP contribution in [0.5, 0.6) is 5.75 Å². The van der Waals surface area contributed by atoms with Crippen molar-refractivity contribution in [3.05, 3.63) is 69.2 Å². The molecule has 178 valence electrons. The number of aromatic hydroxyl groups is 1. The summed E-state index contributed by atoms with van der Waals surface area (Å²) in [6, 6.07) is 10.7. The second kappa shape index (κ2) is 10.5. The van der Waals surface area contributed by atoms with Gasteiger partial charge in [0.05, 0.1) is 5.69 Å². The van der Waals surface area contributed by atoms with E-state index in [2.05, 4.69) is 14.9 Å². The molecule has 4 rings (SSSR count). The topological polar surface area (TPSA) is 95.4 Å². The summed E-state index contributed by atoms with van der Waals surface area (Å²) in [5.74, 6) is -0.587. The molecule has 1 atom stereocenters. The number of carbonyl (C=O) groups excluding carboxylic acids is 2. The highest BCUT2D eigenvalue weighted by Crippen LogP contribution is 2.34. The lowest BCUT2D eigenvalue weighted by atomic mass is 9.94. The van der Waals surface area contributed by atoms with Gasteiger partial charge in [-0.05, 0) is 73.6 Å². The fourth-order valence-electron chi connectivity index (χ4n) is 4.25. The molecule has 1 aromatic heterocycles. The van der Waals surface area contributed by atoms with E-state index in [0.717, 1.165) is 49.2 Å². The van der Waals surface area contributed by atoms with Crippen molar-refractivity contribution in [2.75, 3.05) is 4.90 Å². The molecule has 1 saturated carbocycles. The van der Waals surface area contributed by atoms with Gasteiger partial charge in [0.1, 0.15) is 16.7 Å². The number of anilines is 1. The number of amides is 2. The number of phenols is 1. The van der Waals surface area contributed by atoms with Crippen molar-refractivity contribution in [2.45, 2.75) is 58.0 Å². The maximum atomic E-state index is 13.9. The Morgan fingerprint density at radius 3 is 2.44 bits per heavy atom. The fraction of sp³-hybridized carbons (Fsp3) is 0.360. The Kier molecular flexibility index (Phi) is 7.48. The van der Waals surface area contributed by atoms with Crippen molar-refractivity contribution in [3.63, 3.8) is 0 Å². The standard InChI is InChI=1S/C25H27ClN4O3S/c1-15-8-11-19(14-21(15)26)30(25(33)23-16(2)28-29-34-23)22(17-9-12-20(31)13-10-17)24(32)27-18-6-4-3-5-7-18/h8-14,18,22,31H,3-7H2,1-2H3,(H,27,32). The molecule has 7 nitrogen and oxygen atoms in total. The lowest BCUT2D eigenvalue weighted by Crippen LogP contribution is -2.47. The van der Waals surface area contributed by atoms with E-state index in [1.807, 2.05) is 13.0 Å². The van der Waals surface area contributed by atoms with Crippen LogP contribution in [-0.4, -0.2) is 32.5 Å². The van der Waals surface area contributed by atoms with Crippen molar-refractivity contribution in [1.82, 2.24) is 14.9 Å². The third-order valence-electron chi connectivity index (χ3n) is 6.17. The second-order valence-electron chi connectivity index (χ2n) is 8.63. The summed E-state index contributed by atoms with van der Waals surface area (Å²) in [4.78, 5) is 29.5. The molecule has 1 aliphatic carbocycles. The van der Waals surface area contributed by atoms with Crippen LogP contribution in [0.1, 0.15) is 64.6 Å². The predicted molar refractivity (Wildman–Crippen MR) is 134 cm³/mol. The minimum atomic E-state index is -0.977. The van der Waals surface area contributed by atoms with Gasteiger partial charge >= 0.3 is 0 Å². The van der Waals surface area contributed by atoms with E-state index in [9.17, 15) is 14.7 Å². The zero-order valence-electron chi connectivity index (χ0n) is 19.1. The Morgan fingerprint density at radius 2 is 1.82 bits per heavy atom. The molecule has 34 heavy (non-hydrogen) atoms. The van der Waals surface area contributed by atoms with Gasteiger partial charge in [-0.3, -0.25) is 14.5 Å². The minimum Gasteiger partial charge on any atom is -0.508 e. The van der Waals surface area contributed by atoms with E-state index in [0.29, 0.717) is 26.8 Å². The highest BCUT2D eigenvalue weighted by atomic mass is 35.5. The van der Waals surface area contributed by atoms with E-state index in [4.69, 9.17) is 11.6 Å². The van der Waals surface area contributed by atoms with Crippen molar-refractivity contribution >= 4 is 40.6 Å². The summed E-state index contributed by atoms with van der Waals surface area (Å²) in [6.07, 6.45) is 5.12. The highest BCUT2D eigenvalue weighted by molar-refractivity contribution is 7.08. The van der Waals surface area contributed by atoms with E-state index in [1.165, 1.54) is 17.0 Å². The normalized spacial score (nSPS) is 15.0. The molecule has 9 heteroatoms. The maximum Gasteiger partial charge on any atom is 0.272 e. The minimum absolute atomic E-state index is 0.0613. The van der Waals surface area contributed by atoms with E-state index in [-0.39, 0.29) is 23.6 Å². The molecule has 3 aromatic rings. The van der Waals surface area contributed by atoms with Crippen LogP contribution in [0.15, 0.2) is 42.5 Å². The SMILES string of the molecule is Cc1ccc(N(C(=O)c2snnc2C)C(C(=O)NC2CCCCC2)c2ccc(O)cc2)cc1Cl. The first-order chi connectivity index (χ1) is 16.3. The third kappa shape index (κ3) is 5.23. The number of rotatable bonds is 6. The monoisotopic (exact) mass is 498 g/mol. The molecule has 1 fully saturated rings. The molecule has 0 aliphatic heterocycles. The van der Waals surface area contributed by atoms with Gasteiger partial charge in [0.15, 0.2) is 0 Å². The fourth-order valence-corrected chi connectivity index (χ4v) is 5.02. The Morgan fingerprint density at radius 1 is 1.12 bits per heavy atom. The first-order valence-electron chi connectivity index (χ1n) is 11.3. The van der Waals surface area contributed by atoms with E-state index >= 15 is 0 Å². The number of carbonyl (C=O) groups is 2. The van der Waals surface area contributed by atoms with Crippen LogP contribution in [0.2, 0.25) is 5.02 Å². The number of hydrogen-bond donors (Lipinski definition) is 2. The van der Waals surface area contributed by atoms with Crippen molar-refractivity contribution in [1.29, 1.82) is 0 Å². The molecule has 2 N–H and O–H groups in total. The number of hydrogen-bond acceptors (Lipinski definition) is 6. The lowest BCUT2D eigenvalue weighted by molar-refractivity contribution is -0.123. The highest BCUT2D eigenvalue weighted by Gasteiger charge is 2.36. The van der Waals surface area contributed by atoms with Crippen LogP contribution in [0.25, 0.3) is 0 Å². The van der Waals surface area contributed by atoms with Gasteiger partial charge in [-0.25, -0.2) is 0 Å². The number of halogens is 1. The van der Waals surface area contributed by atoms with Gasteiger partial charge < -0.3 is 10.4 Å². The maximum absolute atomic E-state index is 13.9. The Hall–Kier alpha value is -2.97. The number of benzene rings is 2. The van der Waals surface area contributed by atoms with Crippen LogP contribution < -0.4 is 10.2 Å². The Labute approximate surface area is 207 Å². The number of nitrogens with one attached hydrogen (secondary N) is 1. The van der Waals surface area contributed by atoms with Crippen LogP contribution in [0.3, 0.4) is 0 Å². The number of nitrogens with zero attached hydrogens (tertiary/aromatic N) is 3. The molecular formula is C25H27ClN4O3S. The largest absolute Gasteiger partial charge is 0.508 e. The van der Waals surface area contributed by atoms with Gasteiger partial charge in [-0.15, -0.1) is 5.10 Å². The molecule has 1 unspecified atom stereocenters. The first-order valence-corrected chi connectivity index (χ1v) is 12.5. The lowest BCUT2D eigenvalue weighted by Gasteiger charge is -2.33. The molecule has 2 aromatic carbocycles. The van der Waals surface area contributed by atoms with Crippen LogP contribution >= 0.6 is 23.1 Å². The molecule has 0 spiro atoms. The molecule has 2 amide bonds. The van der Waals surface area contributed by atoms with Crippen molar-refractivity contribution in [2.24, 2.45) is 0 Å². The third-order valence-corrected chi connectivity index (χ3v) is 7.39. The average molecular weight is 499 g/mol. The number of aromatic nitrogens is 2. The molecule has 0 radical (unpaired) electrons. The smallest absolute Gasteiger partial charge is 0.272 e. The summed E-state index contributed by atoms with van der Waals surface area (Å²) in [5.41, 5.74) is 2.42. The zero-order chi connectivity index (χ0) is 24.2. The summed E-state index contributed by atoms with van der Waals surface area (Å²) in [6.45, 7) is 3.59. The second-order valence-corrected chi connectivity index (χ2v) is 9.80. The van der Waals surface area contributed by atoms with E-state index < -0.39 is 6.04 Å². The molecule has 1 heterocycles. The van der Waals surface area contributed by atoms with Crippen LogP contribution in [0.4, 0.5) is 5.69 Å². The number of phenolic OH excluding ortho intramolecular Hbond substituents is 1. The van der Waals surface area contributed by atoms with Gasteiger partial charge in [0.25, 0.3) is 5.91 Å². The Bertz CT molecular complexity index is 1180. The summed E-state index contributed by atoms with van der Waals surface area (Å²) in [7, 11) is 0. The van der Waals surface area contributed by atoms with Gasteiger partial charge in [0, 0.05) is 16.8 Å². The van der Waals surface area contributed by atoms with Crippen LogP contribution in [-0.2, 0) is 4.79 Å². The average Bonchev–Trinajstić information content (AvgIpc) is 3.26. The van der Waals surface area contributed by atoms with Crippen LogP contribution in [0, 0.1) is 13.8 Å². The van der Waals surface area contributed by atoms with Crippen molar-refractivity contribution in [3.8, 4) is 5.75 Å². The van der Waals surface area contributed by atoms with Gasteiger partial charge in [-0.1, -0.05) is 53.6 Å². The molecular weight excluding hydrogens is 472 g/mol. The summed E-state index contributed by atoms with van der Waals surface area (Å²) >= 11 is 7.43. The first kappa shape index (κ1) is 24.2. The van der Waals surface area contributed by atoms with Crippen molar-refractivity contribution < 1.29 is 14.7 Å². The zero-order valence-corrected chi connectivity index (χ0v) is 20.7. The summed E-state index contributed by atoms with van der Waals surface area (Å²) < 4.78 is 3.92. The Balaban J connectivity index is 1.82. The van der Waals surface area contributed by atoms with E-state index in [1.54, 1.807) is 31.2 Å². The molecule has 0 saturated heterocycles. The molecule has 0 bridgehead atoms. The number of aryl methyl sites for hydroxylation is 2. The quantitative estimate of drug-likeness (QED) is 0.477.